The third-order valence-electron chi connectivity index (χ3n) is 8.40. The topological polar surface area (TPSA) is 106 Å². The first-order valence-corrected chi connectivity index (χ1v) is 15.1. The number of amides is 2. The molecule has 0 unspecified atom stereocenters. The van der Waals surface area contributed by atoms with E-state index in [1.165, 1.54) is 4.90 Å². The molecular weight excluding hydrogens is 568 g/mol. The number of aromatic nitrogens is 2. The minimum atomic E-state index is -1.02. The van der Waals surface area contributed by atoms with Gasteiger partial charge in [0, 0.05) is 25.6 Å². The van der Waals surface area contributed by atoms with E-state index in [0.29, 0.717) is 49.6 Å². The maximum atomic E-state index is 13.7. The summed E-state index contributed by atoms with van der Waals surface area (Å²) in [6.45, 7) is 1.37. The lowest BCUT2D eigenvalue weighted by atomic mass is 9.77. The Morgan fingerprint density at radius 3 is 2.04 bits per heavy atom. The molecule has 4 aromatic carbocycles. The number of likely N-dealkylation sites (tertiary alicyclic amines) is 1. The molecule has 1 atom stereocenters. The highest BCUT2D eigenvalue weighted by atomic mass is 16.5. The monoisotopic (exact) mass is 604 g/mol. The second kappa shape index (κ2) is 13.2. The van der Waals surface area contributed by atoms with Crippen molar-refractivity contribution in [3.8, 4) is 5.75 Å². The van der Waals surface area contributed by atoms with Crippen LogP contribution in [0.3, 0.4) is 0 Å². The molecule has 1 fully saturated rings. The third kappa shape index (κ3) is 5.86. The fourth-order valence-corrected chi connectivity index (χ4v) is 6.27. The van der Waals surface area contributed by atoms with Crippen LogP contribution in [0.4, 0.5) is 10.6 Å². The van der Waals surface area contributed by atoms with Gasteiger partial charge in [0.2, 0.25) is 5.91 Å². The number of fused-ring (bicyclic) bond motifs is 1. The van der Waals surface area contributed by atoms with E-state index in [2.05, 4.69) is 41.7 Å². The van der Waals surface area contributed by atoms with Crippen LogP contribution in [-0.2, 0) is 15.1 Å². The highest BCUT2D eigenvalue weighted by Gasteiger charge is 2.41. The number of carboxylic acid groups (broad SMARTS) is 1. The van der Waals surface area contributed by atoms with Gasteiger partial charge in [-0.05, 0) is 47.7 Å². The molecule has 0 radical (unpaired) electrons. The highest BCUT2D eigenvalue weighted by Crippen LogP contribution is 2.44. The minimum Gasteiger partial charge on any atom is -0.491 e. The Hall–Kier alpha value is -5.15. The molecule has 0 spiro atoms. The Labute approximate surface area is 262 Å². The van der Waals surface area contributed by atoms with Crippen molar-refractivity contribution in [2.75, 3.05) is 38.7 Å². The van der Waals surface area contributed by atoms with E-state index >= 15 is 0 Å². The van der Waals surface area contributed by atoms with Crippen molar-refractivity contribution in [3.63, 3.8) is 0 Å². The number of hydrogen-bond acceptors (Lipinski definition) is 5. The van der Waals surface area contributed by atoms with Crippen molar-refractivity contribution in [2.45, 2.75) is 18.4 Å². The first-order valence-electron chi connectivity index (χ1n) is 15.1. The van der Waals surface area contributed by atoms with E-state index < -0.39 is 17.6 Å². The van der Waals surface area contributed by atoms with Crippen LogP contribution in [0.2, 0.25) is 0 Å². The average Bonchev–Trinajstić information content (AvgIpc) is 3.44. The molecule has 2 amide bonds. The fraction of sp³-hybridized carbons (Fsp3) is 0.250. The van der Waals surface area contributed by atoms with Gasteiger partial charge in [-0.1, -0.05) is 91.0 Å². The molecule has 1 aliphatic heterocycles. The number of anilines is 1. The molecule has 2 N–H and O–H groups in total. The molecule has 1 aromatic heterocycles. The van der Waals surface area contributed by atoms with Crippen molar-refractivity contribution < 1.29 is 24.2 Å². The molecule has 5 aromatic rings. The van der Waals surface area contributed by atoms with Crippen LogP contribution in [0.25, 0.3) is 10.9 Å². The number of nitrogens with one attached hydrogen (secondary N) is 1. The summed E-state index contributed by atoms with van der Waals surface area (Å²) in [6.07, 6.45) is 0.205. The number of carbonyl (C=O) groups excluding carboxylic acids is 1. The molecule has 9 heteroatoms. The molecule has 6 rings (SSSR count). The lowest BCUT2D eigenvalue weighted by molar-refractivity contribution is -0.121. The Morgan fingerprint density at radius 1 is 0.889 bits per heavy atom. The lowest BCUT2D eigenvalue weighted by Gasteiger charge is -2.37. The molecule has 2 heterocycles. The number of ether oxygens (including phenoxy) is 2. The summed E-state index contributed by atoms with van der Waals surface area (Å²) < 4.78 is 13.1. The quantitative estimate of drug-likeness (QED) is 0.145. The van der Waals surface area contributed by atoms with Gasteiger partial charge in [-0.2, -0.15) is 5.10 Å². The van der Waals surface area contributed by atoms with Gasteiger partial charge in [0.15, 0.2) is 5.82 Å². The first kappa shape index (κ1) is 29.9. The van der Waals surface area contributed by atoms with E-state index in [0.717, 1.165) is 22.2 Å². The van der Waals surface area contributed by atoms with Crippen molar-refractivity contribution in [1.82, 2.24) is 14.7 Å². The van der Waals surface area contributed by atoms with Crippen LogP contribution in [0, 0.1) is 5.92 Å². The standard InChI is InChI=1S/C36H36N4O5/c1-44-22-23-45-30-19-20-32-31(24-30)33(37-34(41)26-12-11-21-39(25-26)35(42)43)38-40(32)36(27-13-5-2-6-14-27,28-15-7-3-8-16-28)29-17-9-4-10-18-29/h2-10,13-20,24,26H,11-12,21-23,25H2,1H3,(H,42,43)(H,37,38,41)/t26-/m1/s1. The largest absolute Gasteiger partial charge is 0.491 e. The fourth-order valence-electron chi connectivity index (χ4n) is 6.27. The third-order valence-corrected chi connectivity index (χ3v) is 8.40. The maximum Gasteiger partial charge on any atom is 0.407 e. The number of benzene rings is 4. The SMILES string of the molecule is COCCOc1ccc2c(c1)c(NC(=O)[C@@H]1CCCN(C(=O)O)C1)nn2C(c1ccccc1)(c1ccccc1)c1ccccc1. The predicted octanol–water partition coefficient (Wildman–Crippen LogP) is 6.23. The van der Waals surface area contributed by atoms with Crippen LogP contribution in [0.15, 0.2) is 109 Å². The summed E-state index contributed by atoms with van der Waals surface area (Å²) in [5, 5.41) is 18.5. The second-order valence-corrected chi connectivity index (χ2v) is 11.1. The predicted molar refractivity (Wildman–Crippen MR) is 173 cm³/mol. The molecule has 0 saturated carbocycles. The molecule has 1 saturated heterocycles. The zero-order chi connectivity index (χ0) is 31.2. The molecule has 1 aliphatic rings. The van der Waals surface area contributed by atoms with Crippen molar-refractivity contribution in [1.29, 1.82) is 0 Å². The van der Waals surface area contributed by atoms with Crippen LogP contribution < -0.4 is 10.1 Å². The number of hydrogen-bond donors (Lipinski definition) is 2. The van der Waals surface area contributed by atoms with E-state index in [1.807, 2.05) is 77.5 Å². The summed E-state index contributed by atoms with van der Waals surface area (Å²) in [5.74, 6) is 0.252. The van der Waals surface area contributed by atoms with Gasteiger partial charge in [-0.15, -0.1) is 0 Å². The summed E-state index contributed by atoms with van der Waals surface area (Å²) >= 11 is 0. The summed E-state index contributed by atoms with van der Waals surface area (Å²) in [7, 11) is 1.62. The van der Waals surface area contributed by atoms with Crippen LogP contribution in [0.5, 0.6) is 5.75 Å². The van der Waals surface area contributed by atoms with E-state index in [1.54, 1.807) is 7.11 Å². The molecule has 230 valence electrons. The van der Waals surface area contributed by atoms with Gasteiger partial charge >= 0.3 is 6.09 Å². The Bertz CT molecular complexity index is 1660. The molecule has 0 bridgehead atoms. The lowest BCUT2D eigenvalue weighted by Crippen LogP contribution is -2.43. The van der Waals surface area contributed by atoms with Gasteiger partial charge < -0.3 is 24.8 Å². The second-order valence-electron chi connectivity index (χ2n) is 11.1. The molecule has 9 nitrogen and oxygen atoms in total. The first-order chi connectivity index (χ1) is 22.0. The number of piperidine rings is 1. The Balaban J connectivity index is 1.56. The zero-order valence-corrected chi connectivity index (χ0v) is 25.1. The smallest absolute Gasteiger partial charge is 0.407 e. The average molecular weight is 605 g/mol. The minimum absolute atomic E-state index is 0.146. The summed E-state index contributed by atoms with van der Waals surface area (Å²) in [5.41, 5.74) is 2.86. The Kier molecular flexibility index (Phi) is 8.79. The molecular formula is C36H36N4O5. The van der Waals surface area contributed by atoms with Gasteiger partial charge in [0.25, 0.3) is 0 Å². The van der Waals surface area contributed by atoms with Gasteiger partial charge in [0.05, 0.1) is 18.0 Å². The normalized spacial score (nSPS) is 15.1. The summed E-state index contributed by atoms with van der Waals surface area (Å²) in [6, 6.07) is 36.4. The number of rotatable bonds is 10. The molecule has 45 heavy (non-hydrogen) atoms. The molecule has 0 aliphatic carbocycles. The van der Waals surface area contributed by atoms with Gasteiger partial charge in [-0.25, -0.2) is 9.48 Å². The van der Waals surface area contributed by atoms with E-state index in [4.69, 9.17) is 14.6 Å². The maximum absolute atomic E-state index is 13.7. The van der Waals surface area contributed by atoms with Crippen LogP contribution in [0.1, 0.15) is 29.5 Å². The van der Waals surface area contributed by atoms with Crippen molar-refractivity contribution >= 4 is 28.7 Å². The van der Waals surface area contributed by atoms with Crippen molar-refractivity contribution in [3.05, 3.63) is 126 Å². The van der Waals surface area contributed by atoms with Gasteiger partial charge in [-0.3, -0.25) is 4.79 Å². The highest BCUT2D eigenvalue weighted by molar-refractivity contribution is 6.01. The van der Waals surface area contributed by atoms with Crippen LogP contribution >= 0.6 is 0 Å². The zero-order valence-electron chi connectivity index (χ0n) is 25.1. The van der Waals surface area contributed by atoms with Crippen molar-refractivity contribution in [2.24, 2.45) is 5.92 Å². The number of carbonyl (C=O) groups is 2. The number of nitrogens with zero attached hydrogens (tertiary/aromatic N) is 3. The number of methoxy groups -OCH3 is 1. The van der Waals surface area contributed by atoms with Gasteiger partial charge in [0.1, 0.15) is 17.9 Å². The Morgan fingerprint density at radius 2 is 1.49 bits per heavy atom. The van der Waals surface area contributed by atoms with Crippen LogP contribution in [-0.4, -0.2) is 65.2 Å². The van der Waals surface area contributed by atoms with E-state index in [-0.39, 0.29) is 12.5 Å². The van der Waals surface area contributed by atoms with E-state index in [9.17, 15) is 14.7 Å². The summed E-state index contributed by atoms with van der Waals surface area (Å²) in [4.78, 5) is 26.7.